The highest BCUT2D eigenvalue weighted by atomic mass is 35.5. The van der Waals surface area contributed by atoms with Gasteiger partial charge in [-0.05, 0) is 36.4 Å². The highest BCUT2D eigenvalue weighted by Gasteiger charge is 2.16. The van der Waals surface area contributed by atoms with E-state index in [-0.39, 0.29) is 11.4 Å². The van der Waals surface area contributed by atoms with E-state index in [1.54, 1.807) is 18.2 Å². The van der Waals surface area contributed by atoms with Gasteiger partial charge in [-0.15, -0.1) is 0 Å². The first-order valence-corrected chi connectivity index (χ1v) is 7.87. The Morgan fingerprint density at radius 3 is 2.48 bits per heavy atom. The molecule has 0 unspecified atom stereocenters. The predicted octanol–water partition coefficient (Wildman–Crippen LogP) is 2.97. The molecule has 2 rings (SSSR count). The summed E-state index contributed by atoms with van der Waals surface area (Å²) in [5.74, 6) is -0.00831. The Bertz CT molecular complexity index is 732. The quantitative estimate of drug-likeness (QED) is 0.917. The van der Waals surface area contributed by atoms with E-state index in [1.165, 1.54) is 19.2 Å². The van der Waals surface area contributed by atoms with Gasteiger partial charge in [-0.2, -0.15) is 0 Å². The topological polar surface area (TPSA) is 55.4 Å². The van der Waals surface area contributed by atoms with Crippen LogP contribution in [0.1, 0.15) is 5.56 Å². The van der Waals surface area contributed by atoms with E-state index in [2.05, 4.69) is 4.72 Å². The molecule has 0 aliphatic heterocycles. The second-order valence-electron chi connectivity index (χ2n) is 4.20. The number of hydrogen-bond donors (Lipinski definition) is 1. The minimum atomic E-state index is -3.75. The van der Waals surface area contributed by atoms with Gasteiger partial charge < -0.3 is 4.74 Å². The summed E-state index contributed by atoms with van der Waals surface area (Å²) < 4.78 is 44.6. The molecule has 2 aromatic carbocycles. The van der Waals surface area contributed by atoms with Crippen LogP contribution < -0.4 is 9.46 Å². The molecule has 0 bridgehead atoms. The number of sulfonamides is 1. The van der Waals surface area contributed by atoms with Crippen molar-refractivity contribution in [2.45, 2.75) is 11.4 Å². The number of benzene rings is 2. The minimum Gasteiger partial charge on any atom is -0.496 e. The molecule has 21 heavy (non-hydrogen) atoms. The van der Waals surface area contributed by atoms with E-state index in [1.807, 2.05) is 0 Å². The van der Waals surface area contributed by atoms with Gasteiger partial charge >= 0.3 is 0 Å². The average molecular weight is 330 g/mol. The van der Waals surface area contributed by atoms with Gasteiger partial charge in [0.1, 0.15) is 11.6 Å². The molecule has 0 aliphatic carbocycles. The smallest absolute Gasteiger partial charge is 0.240 e. The molecular formula is C14H13ClFNO3S. The predicted molar refractivity (Wildman–Crippen MR) is 78.4 cm³/mol. The van der Waals surface area contributed by atoms with Crippen LogP contribution in [0.5, 0.6) is 5.75 Å². The largest absolute Gasteiger partial charge is 0.496 e. The number of hydrogen-bond acceptors (Lipinski definition) is 3. The maximum Gasteiger partial charge on any atom is 0.240 e. The number of halogens is 2. The van der Waals surface area contributed by atoms with Crippen molar-refractivity contribution in [2.24, 2.45) is 0 Å². The third-order valence-electron chi connectivity index (χ3n) is 2.86. The fourth-order valence-electron chi connectivity index (χ4n) is 1.77. The van der Waals surface area contributed by atoms with Crippen LogP contribution in [-0.2, 0) is 16.6 Å². The lowest BCUT2D eigenvalue weighted by molar-refractivity contribution is 0.409. The van der Waals surface area contributed by atoms with Crippen molar-refractivity contribution in [3.05, 3.63) is 58.9 Å². The van der Waals surface area contributed by atoms with E-state index in [9.17, 15) is 12.8 Å². The van der Waals surface area contributed by atoms with Crippen LogP contribution in [-0.4, -0.2) is 15.5 Å². The molecule has 0 aliphatic rings. The molecule has 0 fully saturated rings. The van der Waals surface area contributed by atoms with Crippen LogP contribution in [0, 0.1) is 5.82 Å². The van der Waals surface area contributed by atoms with Gasteiger partial charge in [0.2, 0.25) is 10.0 Å². The average Bonchev–Trinajstić information content (AvgIpc) is 2.46. The van der Waals surface area contributed by atoms with E-state index in [4.69, 9.17) is 16.3 Å². The highest BCUT2D eigenvalue weighted by molar-refractivity contribution is 7.89. The first-order chi connectivity index (χ1) is 9.94. The van der Waals surface area contributed by atoms with Gasteiger partial charge in [0, 0.05) is 17.1 Å². The first kappa shape index (κ1) is 15.8. The first-order valence-electron chi connectivity index (χ1n) is 6.00. The molecule has 0 amide bonds. The third-order valence-corrected chi connectivity index (χ3v) is 4.63. The van der Waals surface area contributed by atoms with Gasteiger partial charge in [0.05, 0.1) is 12.0 Å². The van der Waals surface area contributed by atoms with Crippen molar-refractivity contribution >= 4 is 21.6 Å². The Morgan fingerprint density at radius 2 is 1.86 bits per heavy atom. The molecule has 0 heterocycles. The van der Waals surface area contributed by atoms with Crippen molar-refractivity contribution in [3.63, 3.8) is 0 Å². The minimum absolute atomic E-state index is 0.0186. The zero-order valence-electron chi connectivity index (χ0n) is 11.1. The standard InChI is InChI=1S/C14H13ClFNO3S/c1-20-14-4-2-3-13(15)12(14)9-17-21(18,19)11-7-5-10(16)6-8-11/h2-8,17H,9H2,1H3. The molecule has 112 valence electrons. The number of rotatable bonds is 5. The summed E-state index contributed by atoms with van der Waals surface area (Å²) in [5, 5.41) is 0.399. The van der Waals surface area contributed by atoms with E-state index in [0.29, 0.717) is 16.3 Å². The number of nitrogens with one attached hydrogen (secondary N) is 1. The lowest BCUT2D eigenvalue weighted by Gasteiger charge is -2.11. The summed E-state index contributed by atoms with van der Waals surface area (Å²) in [6.45, 7) is -0.0252. The molecule has 0 aromatic heterocycles. The molecule has 1 N–H and O–H groups in total. The molecule has 0 atom stereocenters. The third kappa shape index (κ3) is 3.72. The molecule has 0 radical (unpaired) electrons. The fraction of sp³-hybridized carbons (Fsp3) is 0.143. The van der Waals surface area contributed by atoms with Crippen molar-refractivity contribution in [3.8, 4) is 5.75 Å². The Morgan fingerprint density at radius 1 is 1.19 bits per heavy atom. The summed E-state index contributed by atoms with van der Waals surface area (Å²) in [7, 11) is -2.27. The van der Waals surface area contributed by atoms with Gasteiger partial charge in [0.25, 0.3) is 0 Å². The van der Waals surface area contributed by atoms with Crippen molar-refractivity contribution in [2.75, 3.05) is 7.11 Å². The van der Waals surface area contributed by atoms with E-state index >= 15 is 0 Å². The lowest BCUT2D eigenvalue weighted by Crippen LogP contribution is -2.23. The van der Waals surface area contributed by atoms with Crippen LogP contribution in [0.4, 0.5) is 4.39 Å². The second kappa shape index (κ2) is 6.43. The highest BCUT2D eigenvalue weighted by Crippen LogP contribution is 2.26. The summed E-state index contributed by atoms with van der Waals surface area (Å²) in [6, 6.07) is 9.61. The lowest BCUT2D eigenvalue weighted by atomic mass is 10.2. The molecule has 2 aromatic rings. The molecule has 0 spiro atoms. The van der Waals surface area contributed by atoms with Crippen LogP contribution in [0.25, 0.3) is 0 Å². The van der Waals surface area contributed by atoms with E-state index < -0.39 is 15.8 Å². The van der Waals surface area contributed by atoms with Crippen molar-refractivity contribution in [1.29, 1.82) is 0 Å². The van der Waals surface area contributed by atoms with E-state index in [0.717, 1.165) is 12.1 Å². The Hall–Kier alpha value is -1.63. The van der Waals surface area contributed by atoms with Crippen LogP contribution in [0.2, 0.25) is 5.02 Å². The number of methoxy groups -OCH3 is 1. The maximum absolute atomic E-state index is 12.8. The van der Waals surface area contributed by atoms with Gasteiger partial charge in [-0.25, -0.2) is 17.5 Å². The monoisotopic (exact) mass is 329 g/mol. The number of ether oxygens (including phenoxy) is 1. The summed E-state index contributed by atoms with van der Waals surface area (Å²) in [5.41, 5.74) is 0.535. The van der Waals surface area contributed by atoms with Gasteiger partial charge in [-0.1, -0.05) is 17.7 Å². The summed E-state index contributed by atoms with van der Waals surface area (Å²) in [6.07, 6.45) is 0. The Balaban J connectivity index is 2.21. The molecule has 0 saturated heterocycles. The van der Waals surface area contributed by atoms with Crippen molar-refractivity contribution in [1.82, 2.24) is 4.72 Å². The summed E-state index contributed by atoms with van der Waals surface area (Å²) >= 11 is 6.04. The second-order valence-corrected chi connectivity index (χ2v) is 6.37. The normalized spacial score (nSPS) is 11.4. The fourth-order valence-corrected chi connectivity index (χ4v) is 2.99. The zero-order chi connectivity index (χ0) is 15.5. The zero-order valence-corrected chi connectivity index (χ0v) is 12.7. The molecular weight excluding hydrogens is 317 g/mol. The van der Waals surface area contributed by atoms with Crippen molar-refractivity contribution < 1.29 is 17.5 Å². The van der Waals surface area contributed by atoms with Crippen LogP contribution in [0.3, 0.4) is 0 Å². The van der Waals surface area contributed by atoms with Crippen LogP contribution >= 0.6 is 11.6 Å². The van der Waals surface area contributed by atoms with Gasteiger partial charge in [0.15, 0.2) is 0 Å². The Kier molecular flexibility index (Phi) is 4.82. The molecule has 7 heteroatoms. The molecule has 4 nitrogen and oxygen atoms in total. The SMILES string of the molecule is COc1cccc(Cl)c1CNS(=O)(=O)c1ccc(F)cc1. The molecule has 0 saturated carbocycles. The Labute approximate surface area is 127 Å². The maximum atomic E-state index is 12.8. The summed E-state index contributed by atoms with van der Waals surface area (Å²) in [4.78, 5) is -0.0186. The van der Waals surface area contributed by atoms with Crippen LogP contribution in [0.15, 0.2) is 47.4 Å². The van der Waals surface area contributed by atoms with Gasteiger partial charge in [-0.3, -0.25) is 0 Å².